The number of piperidine rings is 1. The summed E-state index contributed by atoms with van der Waals surface area (Å²) in [5.74, 6) is -0.291. The number of carbonyl (C=O) groups is 1. The van der Waals surface area contributed by atoms with Gasteiger partial charge in [-0.2, -0.15) is 13.2 Å². The smallest absolute Gasteiger partial charge is 0.401 e. The minimum absolute atomic E-state index is 0.0916. The van der Waals surface area contributed by atoms with E-state index in [0.29, 0.717) is 36.4 Å². The maximum Gasteiger partial charge on any atom is 0.401 e. The van der Waals surface area contributed by atoms with Crippen LogP contribution in [0.25, 0.3) is 0 Å². The zero-order valence-electron chi connectivity index (χ0n) is 13.4. The summed E-state index contributed by atoms with van der Waals surface area (Å²) in [6.45, 7) is -0.793. The second-order valence-corrected chi connectivity index (χ2v) is 5.86. The van der Waals surface area contributed by atoms with E-state index in [4.69, 9.17) is 4.74 Å². The van der Waals surface area contributed by atoms with Crippen molar-refractivity contribution in [2.75, 3.05) is 32.1 Å². The van der Waals surface area contributed by atoms with E-state index >= 15 is 0 Å². The molecule has 1 aliphatic heterocycles. The van der Waals surface area contributed by atoms with E-state index in [1.807, 2.05) is 0 Å². The number of hydrogen-bond acceptors (Lipinski definition) is 4. The molecule has 0 aromatic heterocycles. The van der Waals surface area contributed by atoms with Gasteiger partial charge in [0.25, 0.3) is 0 Å². The molecule has 1 amide bonds. The summed E-state index contributed by atoms with van der Waals surface area (Å²) in [6.07, 6.45) is -3.15. The first-order chi connectivity index (χ1) is 11.3. The normalized spacial score (nSPS) is 19.1. The molecule has 1 aromatic carbocycles. The molecule has 1 aromatic rings. The summed E-state index contributed by atoms with van der Waals surface area (Å²) in [5, 5.41) is 12.0. The van der Waals surface area contributed by atoms with Gasteiger partial charge in [-0.15, -0.1) is 0 Å². The van der Waals surface area contributed by atoms with Gasteiger partial charge in [-0.3, -0.25) is 9.69 Å². The number of hydrogen-bond donors (Lipinski definition) is 2. The van der Waals surface area contributed by atoms with Gasteiger partial charge < -0.3 is 15.2 Å². The number of carbonyl (C=O) groups excluding carboxylic acids is 1. The predicted octanol–water partition coefficient (Wildman–Crippen LogP) is 2.40. The summed E-state index contributed by atoms with van der Waals surface area (Å²) in [4.78, 5) is 13.6. The lowest BCUT2D eigenvalue weighted by Crippen LogP contribution is -2.44. The number of likely N-dealkylation sites (tertiary alicyclic amines) is 1. The molecule has 0 radical (unpaired) electrons. The Morgan fingerprint density at radius 2 is 2.21 bits per heavy atom. The molecule has 134 valence electrons. The molecular formula is C16H21F3N2O3. The molecule has 0 saturated carbocycles. The minimum Gasteiger partial charge on any atom is -0.496 e. The van der Waals surface area contributed by atoms with Crippen molar-refractivity contribution >= 4 is 11.6 Å². The summed E-state index contributed by atoms with van der Waals surface area (Å²) >= 11 is 0. The first-order valence-corrected chi connectivity index (χ1v) is 7.70. The third kappa shape index (κ3) is 5.10. The number of rotatable bonds is 5. The minimum atomic E-state index is -4.26. The van der Waals surface area contributed by atoms with E-state index in [1.165, 1.54) is 12.0 Å². The summed E-state index contributed by atoms with van der Waals surface area (Å²) in [5.41, 5.74) is 1.01. The number of alkyl halides is 3. The van der Waals surface area contributed by atoms with Gasteiger partial charge in [0.15, 0.2) is 0 Å². The summed E-state index contributed by atoms with van der Waals surface area (Å²) in [7, 11) is 1.48. The molecule has 24 heavy (non-hydrogen) atoms. The molecule has 0 aliphatic carbocycles. The van der Waals surface area contributed by atoms with Gasteiger partial charge in [0.1, 0.15) is 5.75 Å². The van der Waals surface area contributed by atoms with Crippen LogP contribution in [0, 0.1) is 5.92 Å². The fraction of sp³-hybridized carbons (Fsp3) is 0.562. The number of halogens is 3. The lowest BCUT2D eigenvalue weighted by atomic mass is 9.97. The van der Waals surface area contributed by atoms with E-state index in [2.05, 4.69) is 5.32 Å². The molecule has 1 unspecified atom stereocenters. The SMILES string of the molecule is COc1ccc(NC(=O)C2CCCN(CC(F)(F)F)C2)cc1CO. The maximum absolute atomic E-state index is 12.5. The van der Waals surface area contributed by atoms with Crippen molar-refractivity contribution in [3.05, 3.63) is 23.8 Å². The zero-order chi connectivity index (χ0) is 17.7. The van der Waals surface area contributed by atoms with Gasteiger partial charge in [-0.05, 0) is 37.6 Å². The molecule has 5 nitrogen and oxygen atoms in total. The third-order valence-corrected chi connectivity index (χ3v) is 4.00. The predicted molar refractivity (Wildman–Crippen MR) is 82.8 cm³/mol. The number of methoxy groups -OCH3 is 1. The lowest BCUT2D eigenvalue weighted by molar-refractivity contribution is -0.151. The van der Waals surface area contributed by atoms with Crippen molar-refractivity contribution in [3.8, 4) is 5.75 Å². The van der Waals surface area contributed by atoms with E-state index < -0.39 is 18.6 Å². The van der Waals surface area contributed by atoms with Crippen LogP contribution in [0.5, 0.6) is 5.75 Å². The first-order valence-electron chi connectivity index (χ1n) is 7.70. The number of anilines is 1. The molecule has 1 saturated heterocycles. The number of nitrogens with zero attached hydrogens (tertiary/aromatic N) is 1. The second kappa shape index (κ2) is 7.85. The highest BCUT2D eigenvalue weighted by molar-refractivity contribution is 5.93. The van der Waals surface area contributed by atoms with Gasteiger partial charge in [-0.25, -0.2) is 0 Å². The van der Waals surface area contributed by atoms with Gasteiger partial charge >= 0.3 is 6.18 Å². The monoisotopic (exact) mass is 346 g/mol. The second-order valence-electron chi connectivity index (χ2n) is 5.86. The van der Waals surface area contributed by atoms with Crippen LogP contribution in [-0.2, 0) is 11.4 Å². The van der Waals surface area contributed by atoms with E-state index in [-0.39, 0.29) is 19.1 Å². The molecule has 1 aliphatic rings. The highest BCUT2D eigenvalue weighted by Crippen LogP contribution is 2.25. The number of amides is 1. The highest BCUT2D eigenvalue weighted by atomic mass is 19.4. The van der Waals surface area contributed by atoms with Crippen molar-refractivity contribution < 1.29 is 27.8 Å². The molecule has 0 bridgehead atoms. The van der Waals surface area contributed by atoms with Crippen molar-refractivity contribution in [1.82, 2.24) is 4.90 Å². The Kier molecular flexibility index (Phi) is 6.06. The summed E-state index contributed by atoms with van der Waals surface area (Å²) < 4.78 is 42.6. The molecule has 1 fully saturated rings. The van der Waals surface area contributed by atoms with Gasteiger partial charge in [0.05, 0.1) is 26.2 Å². The fourth-order valence-corrected chi connectivity index (χ4v) is 2.89. The van der Waals surface area contributed by atoms with E-state index in [9.17, 15) is 23.1 Å². The van der Waals surface area contributed by atoms with Gasteiger partial charge in [0.2, 0.25) is 5.91 Å². The summed E-state index contributed by atoms with van der Waals surface area (Å²) in [6, 6.07) is 4.84. The van der Waals surface area contributed by atoms with Crippen LogP contribution in [0.15, 0.2) is 18.2 Å². The standard InChI is InChI=1S/C16H21F3N2O3/c1-24-14-5-4-13(7-12(14)9-22)20-15(23)11-3-2-6-21(8-11)10-16(17,18)19/h4-5,7,11,22H,2-3,6,8-10H2,1H3,(H,20,23). The Morgan fingerprint density at radius 3 is 2.83 bits per heavy atom. The fourth-order valence-electron chi connectivity index (χ4n) is 2.89. The number of aliphatic hydroxyl groups excluding tert-OH is 1. The number of benzene rings is 1. The molecule has 1 heterocycles. The number of nitrogens with one attached hydrogen (secondary N) is 1. The van der Waals surface area contributed by atoms with Gasteiger partial charge in [0, 0.05) is 17.8 Å². The first kappa shape index (κ1) is 18.5. The van der Waals surface area contributed by atoms with Crippen LogP contribution in [0.2, 0.25) is 0 Å². The van der Waals surface area contributed by atoms with Gasteiger partial charge in [-0.1, -0.05) is 0 Å². The Labute approximate surface area is 138 Å². The Hall–Kier alpha value is -1.80. The van der Waals surface area contributed by atoms with E-state index in [1.54, 1.807) is 18.2 Å². The lowest BCUT2D eigenvalue weighted by Gasteiger charge is -2.32. The van der Waals surface area contributed by atoms with E-state index in [0.717, 1.165) is 0 Å². The quantitative estimate of drug-likeness (QED) is 0.859. The third-order valence-electron chi connectivity index (χ3n) is 4.00. The number of ether oxygens (including phenoxy) is 1. The van der Waals surface area contributed by atoms with Crippen LogP contribution >= 0.6 is 0 Å². The largest absolute Gasteiger partial charge is 0.496 e. The average Bonchev–Trinajstić information content (AvgIpc) is 2.53. The van der Waals surface area contributed by atoms with Crippen molar-refractivity contribution in [2.45, 2.75) is 25.6 Å². The Morgan fingerprint density at radius 1 is 1.46 bits per heavy atom. The average molecular weight is 346 g/mol. The molecular weight excluding hydrogens is 325 g/mol. The molecule has 0 spiro atoms. The van der Waals surface area contributed by atoms with Crippen LogP contribution in [0.1, 0.15) is 18.4 Å². The molecule has 8 heteroatoms. The Bertz CT molecular complexity index is 578. The molecule has 1 atom stereocenters. The van der Waals surface area contributed by atoms with Crippen LogP contribution in [0.3, 0.4) is 0 Å². The van der Waals surface area contributed by atoms with Crippen molar-refractivity contribution in [2.24, 2.45) is 5.92 Å². The highest BCUT2D eigenvalue weighted by Gasteiger charge is 2.34. The van der Waals surface area contributed by atoms with Crippen LogP contribution < -0.4 is 10.1 Å². The number of aliphatic hydroxyl groups is 1. The topological polar surface area (TPSA) is 61.8 Å². The van der Waals surface area contributed by atoms with Crippen LogP contribution in [-0.4, -0.2) is 48.8 Å². The molecule has 2 rings (SSSR count). The van der Waals surface area contributed by atoms with Crippen molar-refractivity contribution in [1.29, 1.82) is 0 Å². The Balaban J connectivity index is 1.99. The van der Waals surface area contributed by atoms with Crippen molar-refractivity contribution in [3.63, 3.8) is 0 Å². The maximum atomic E-state index is 12.5. The molecule has 2 N–H and O–H groups in total. The van der Waals surface area contributed by atoms with Crippen LogP contribution in [0.4, 0.5) is 18.9 Å². The zero-order valence-corrected chi connectivity index (χ0v) is 13.4.